The summed E-state index contributed by atoms with van der Waals surface area (Å²) in [5.74, 6) is 0.268. The first-order chi connectivity index (χ1) is 8.54. The third-order valence-corrected chi connectivity index (χ3v) is 5.76. The molecule has 1 saturated carbocycles. The van der Waals surface area contributed by atoms with Gasteiger partial charge in [-0.2, -0.15) is 11.8 Å². The Morgan fingerprint density at radius 3 is 2.50 bits per heavy atom. The van der Waals surface area contributed by atoms with Crippen molar-refractivity contribution < 1.29 is 4.79 Å². The molecule has 0 saturated heterocycles. The second kappa shape index (κ2) is 7.39. The van der Waals surface area contributed by atoms with Crippen molar-refractivity contribution in [1.82, 2.24) is 5.32 Å². The zero-order valence-electron chi connectivity index (χ0n) is 12.0. The smallest absolute Gasteiger partial charge is 0.237 e. The van der Waals surface area contributed by atoms with Crippen LogP contribution in [0.15, 0.2) is 0 Å². The van der Waals surface area contributed by atoms with E-state index >= 15 is 0 Å². The Hall–Kier alpha value is -0.220. The van der Waals surface area contributed by atoms with Crippen LogP contribution in [0.2, 0.25) is 0 Å². The van der Waals surface area contributed by atoms with Crippen molar-refractivity contribution >= 4 is 17.7 Å². The van der Waals surface area contributed by atoms with E-state index in [1.165, 1.54) is 32.1 Å². The highest BCUT2D eigenvalue weighted by atomic mass is 32.2. The van der Waals surface area contributed by atoms with Gasteiger partial charge in [0, 0.05) is 11.3 Å². The van der Waals surface area contributed by atoms with Gasteiger partial charge in [-0.15, -0.1) is 0 Å². The maximum absolute atomic E-state index is 12.0. The van der Waals surface area contributed by atoms with Crippen molar-refractivity contribution in [1.29, 1.82) is 0 Å². The molecule has 0 aromatic heterocycles. The van der Waals surface area contributed by atoms with Gasteiger partial charge in [-0.1, -0.05) is 39.5 Å². The number of nitrogens with one attached hydrogen (secondary N) is 1. The van der Waals surface area contributed by atoms with Gasteiger partial charge in [-0.3, -0.25) is 4.79 Å². The molecule has 1 aliphatic rings. The number of rotatable bonds is 6. The number of amides is 1. The van der Waals surface area contributed by atoms with Crippen LogP contribution in [0, 0.1) is 5.92 Å². The van der Waals surface area contributed by atoms with Crippen LogP contribution < -0.4 is 11.1 Å². The molecule has 0 aromatic carbocycles. The lowest BCUT2D eigenvalue weighted by molar-refractivity contribution is -0.123. The van der Waals surface area contributed by atoms with Crippen LogP contribution in [0.4, 0.5) is 0 Å². The molecule has 4 heteroatoms. The van der Waals surface area contributed by atoms with Crippen LogP contribution in [0.1, 0.15) is 52.4 Å². The van der Waals surface area contributed by atoms with Gasteiger partial charge in [0.15, 0.2) is 0 Å². The monoisotopic (exact) mass is 272 g/mol. The zero-order chi connectivity index (χ0) is 13.6. The van der Waals surface area contributed by atoms with Gasteiger partial charge in [0.1, 0.15) is 0 Å². The minimum Gasteiger partial charge on any atom is -0.353 e. The third-order valence-electron chi connectivity index (χ3n) is 4.34. The largest absolute Gasteiger partial charge is 0.353 e. The van der Waals surface area contributed by atoms with Crippen LogP contribution in [0.5, 0.6) is 0 Å². The summed E-state index contributed by atoms with van der Waals surface area (Å²) < 4.78 is 0.253. The third kappa shape index (κ3) is 4.16. The lowest BCUT2D eigenvalue weighted by atomic mass is 9.88. The van der Waals surface area contributed by atoms with Gasteiger partial charge in [-0.25, -0.2) is 0 Å². The summed E-state index contributed by atoms with van der Waals surface area (Å²) in [6.07, 6.45) is 9.44. The van der Waals surface area contributed by atoms with Crippen molar-refractivity contribution in [2.24, 2.45) is 11.7 Å². The minimum absolute atomic E-state index is 0.0170. The number of nitrogens with two attached hydrogens (primary N) is 1. The quantitative estimate of drug-likeness (QED) is 0.781. The SMILES string of the molecule is CCC(C)[C@H](N)C(=O)NCC1(SC)CCCCC1. The molecule has 18 heavy (non-hydrogen) atoms. The highest BCUT2D eigenvalue weighted by molar-refractivity contribution is 8.00. The highest BCUT2D eigenvalue weighted by Gasteiger charge is 2.32. The summed E-state index contributed by atoms with van der Waals surface area (Å²) in [5.41, 5.74) is 5.95. The van der Waals surface area contributed by atoms with Crippen molar-refractivity contribution in [2.45, 2.75) is 63.2 Å². The summed E-state index contributed by atoms with van der Waals surface area (Å²) in [4.78, 5) is 12.0. The maximum Gasteiger partial charge on any atom is 0.237 e. The van der Waals surface area contributed by atoms with E-state index in [1.54, 1.807) is 0 Å². The number of carbonyl (C=O) groups excluding carboxylic acids is 1. The van der Waals surface area contributed by atoms with E-state index in [0.29, 0.717) is 0 Å². The summed E-state index contributed by atoms with van der Waals surface area (Å²) in [7, 11) is 0. The predicted octanol–water partition coefficient (Wildman–Crippen LogP) is 2.54. The molecule has 1 aliphatic carbocycles. The Bertz CT molecular complexity index is 265. The van der Waals surface area contributed by atoms with Gasteiger partial charge in [-0.05, 0) is 25.0 Å². The Labute approximate surface area is 116 Å². The first kappa shape index (κ1) is 15.8. The fourth-order valence-corrected chi connectivity index (χ4v) is 3.44. The zero-order valence-corrected chi connectivity index (χ0v) is 12.8. The second-order valence-electron chi connectivity index (χ2n) is 5.58. The normalized spacial score (nSPS) is 22.2. The standard InChI is InChI=1S/C14H28N2OS/c1-4-11(2)12(15)13(17)16-10-14(18-3)8-6-5-7-9-14/h11-12H,4-10,15H2,1-3H3,(H,16,17)/t11?,12-/m0/s1. The van der Waals surface area contributed by atoms with Crippen LogP contribution in [-0.4, -0.2) is 29.5 Å². The molecular formula is C14H28N2OS. The van der Waals surface area contributed by atoms with Crippen LogP contribution in [0.3, 0.4) is 0 Å². The molecule has 1 rings (SSSR count). The summed E-state index contributed by atoms with van der Waals surface area (Å²) in [6, 6.07) is -0.363. The molecule has 1 unspecified atom stereocenters. The number of thioether (sulfide) groups is 1. The topological polar surface area (TPSA) is 55.1 Å². The highest BCUT2D eigenvalue weighted by Crippen LogP contribution is 2.37. The van der Waals surface area contributed by atoms with Gasteiger partial charge in [0.2, 0.25) is 5.91 Å². The van der Waals surface area contributed by atoms with Gasteiger partial charge in [0.05, 0.1) is 6.04 Å². The molecule has 0 bridgehead atoms. The Morgan fingerprint density at radius 2 is 2.00 bits per heavy atom. The van der Waals surface area contributed by atoms with E-state index in [0.717, 1.165) is 13.0 Å². The van der Waals surface area contributed by atoms with Gasteiger partial charge >= 0.3 is 0 Å². The molecular weight excluding hydrogens is 244 g/mol. The average Bonchev–Trinajstić information content (AvgIpc) is 2.44. The molecule has 3 N–H and O–H groups in total. The number of carbonyl (C=O) groups is 1. The first-order valence-electron chi connectivity index (χ1n) is 7.13. The minimum atomic E-state index is -0.363. The molecule has 0 aliphatic heterocycles. The van der Waals surface area contributed by atoms with E-state index in [1.807, 2.05) is 18.7 Å². The molecule has 1 fully saturated rings. The second-order valence-corrected chi connectivity index (χ2v) is 6.85. The first-order valence-corrected chi connectivity index (χ1v) is 8.35. The molecule has 0 radical (unpaired) electrons. The number of hydrogen-bond donors (Lipinski definition) is 2. The van der Waals surface area contributed by atoms with E-state index in [9.17, 15) is 4.79 Å². The molecule has 1 amide bonds. The molecule has 3 nitrogen and oxygen atoms in total. The lowest BCUT2D eigenvalue weighted by Crippen LogP contribution is -2.49. The van der Waals surface area contributed by atoms with E-state index in [2.05, 4.69) is 18.5 Å². The lowest BCUT2D eigenvalue weighted by Gasteiger charge is -2.36. The van der Waals surface area contributed by atoms with E-state index < -0.39 is 0 Å². The van der Waals surface area contributed by atoms with E-state index in [4.69, 9.17) is 5.73 Å². The van der Waals surface area contributed by atoms with Gasteiger partial charge in [0.25, 0.3) is 0 Å². The molecule has 106 valence electrons. The molecule has 0 spiro atoms. The summed E-state index contributed by atoms with van der Waals surface area (Å²) in [6.45, 7) is 4.88. The van der Waals surface area contributed by atoms with E-state index in [-0.39, 0.29) is 22.6 Å². The van der Waals surface area contributed by atoms with Crippen molar-refractivity contribution in [2.75, 3.05) is 12.8 Å². The summed E-state index contributed by atoms with van der Waals surface area (Å²) >= 11 is 1.91. The van der Waals surface area contributed by atoms with Crippen LogP contribution in [0.25, 0.3) is 0 Å². The fourth-order valence-electron chi connectivity index (χ4n) is 2.53. The predicted molar refractivity (Wildman–Crippen MR) is 79.8 cm³/mol. The molecule has 2 atom stereocenters. The number of hydrogen-bond acceptors (Lipinski definition) is 3. The van der Waals surface area contributed by atoms with Crippen molar-refractivity contribution in [3.63, 3.8) is 0 Å². The van der Waals surface area contributed by atoms with Crippen LogP contribution in [-0.2, 0) is 4.79 Å². The molecule has 0 heterocycles. The fraction of sp³-hybridized carbons (Fsp3) is 0.929. The van der Waals surface area contributed by atoms with Crippen LogP contribution >= 0.6 is 11.8 Å². The van der Waals surface area contributed by atoms with Crippen molar-refractivity contribution in [3.8, 4) is 0 Å². The maximum atomic E-state index is 12.0. The average molecular weight is 272 g/mol. The van der Waals surface area contributed by atoms with Gasteiger partial charge < -0.3 is 11.1 Å². The Balaban J connectivity index is 2.45. The Morgan fingerprint density at radius 1 is 1.39 bits per heavy atom. The summed E-state index contributed by atoms with van der Waals surface area (Å²) in [5, 5.41) is 3.07. The van der Waals surface area contributed by atoms with Crippen molar-refractivity contribution in [3.05, 3.63) is 0 Å². The Kier molecular flexibility index (Phi) is 6.50. The molecule has 0 aromatic rings.